The highest BCUT2D eigenvalue weighted by atomic mass is 16.4. The molecule has 3 atom stereocenters. The van der Waals surface area contributed by atoms with E-state index in [4.69, 9.17) is 10.8 Å². The molecule has 0 heterocycles. The first-order valence-corrected chi connectivity index (χ1v) is 6.12. The van der Waals surface area contributed by atoms with Crippen molar-refractivity contribution in [2.45, 2.75) is 32.2 Å². The third-order valence-corrected chi connectivity index (χ3v) is 3.14. The number of aliphatic hydroxyl groups is 4. The lowest BCUT2D eigenvalue weighted by Crippen LogP contribution is -2.42. The molecule has 1 rings (SSSR count). The molecule has 19 heavy (non-hydrogen) atoms. The molecule has 1 aromatic carbocycles. The Morgan fingerprint density at radius 3 is 2.26 bits per heavy atom. The Morgan fingerprint density at radius 1 is 1.11 bits per heavy atom. The van der Waals surface area contributed by atoms with Crippen LogP contribution in [-0.2, 0) is 0 Å². The minimum Gasteiger partial charge on any atom is -0.397 e. The van der Waals surface area contributed by atoms with Crippen LogP contribution in [-0.4, -0.2) is 51.9 Å². The van der Waals surface area contributed by atoms with E-state index in [9.17, 15) is 15.3 Å². The number of nitrogen functional groups attached to an aromatic ring is 1. The quantitative estimate of drug-likeness (QED) is 0.383. The van der Waals surface area contributed by atoms with Crippen molar-refractivity contribution in [3.8, 4) is 0 Å². The van der Waals surface area contributed by atoms with Gasteiger partial charge in [0, 0.05) is 6.54 Å². The van der Waals surface area contributed by atoms with Crippen molar-refractivity contribution in [3.05, 3.63) is 23.3 Å². The molecule has 0 unspecified atom stereocenters. The lowest BCUT2D eigenvalue weighted by Gasteiger charge is -2.22. The van der Waals surface area contributed by atoms with Crippen molar-refractivity contribution in [2.75, 3.05) is 24.2 Å². The van der Waals surface area contributed by atoms with Crippen LogP contribution in [0.15, 0.2) is 12.1 Å². The predicted octanol–water partition coefficient (Wildman–Crippen LogP) is -0.627. The second-order valence-electron chi connectivity index (χ2n) is 4.71. The zero-order valence-corrected chi connectivity index (χ0v) is 11.2. The van der Waals surface area contributed by atoms with Gasteiger partial charge in [0.25, 0.3) is 0 Å². The van der Waals surface area contributed by atoms with Crippen LogP contribution in [0, 0.1) is 13.8 Å². The molecule has 0 spiro atoms. The smallest absolute Gasteiger partial charge is 0.110 e. The fourth-order valence-corrected chi connectivity index (χ4v) is 1.69. The maximum absolute atomic E-state index is 9.67. The second kappa shape index (κ2) is 6.72. The Kier molecular flexibility index (Phi) is 5.56. The lowest BCUT2D eigenvalue weighted by atomic mass is 10.1. The Hall–Kier alpha value is -1.34. The van der Waals surface area contributed by atoms with Gasteiger partial charge in [-0.3, -0.25) is 0 Å². The molecule has 0 aliphatic carbocycles. The Bertz CT molecular complexity index is 425. The molecule has 0 radical (unpaired) electrons. The number of anilines is 2. The number of aryl methyl sites for hydroxylation is 2. The summed E-state index contributed by atoms with van der Waals surface area (Å²) in [5, 5.41) is 40.0. The number of benzene rings is 1. The Balaban J connectivity index is 2.64. The van der Waals surface area contributed by atoms with Crippen LogP contribution in [0.25, 0.3) is 0 Å². The van der Waals surface area contributed by atoms with Gasteiger partial charge in [-0.25, -0.2) is 0 Å². The van der Waals surface area contributed by atoms with Crippen molar-refractivity contribution in [1.82, 2.24) is 0 Å². The second-order valence-corrected chi connectivity index (χ2v) is 4.71. The van der Waals surface area contributed by atoms with Gasteiger partial charge in [0.15, 0.2) is 0 Å². The molecule has 0 aromatic heterocycles. The van der Waals surface area contributed by atoms with Gasteiger partial charge in [-0.2, -0.15) is 0 Å². The molecule has 0 aliphatic heterocycles. The SMILES string of the molecule is Cc1cc(N)c(NC[C@H](O)[C@@H](O)[C@H](O)CO)cc1C. The van der Waals surface area contributed by atoms with Crippen LogP contribution < -0.4 is 11.1 Å². The van der Waals surface area contributed by atoms with Gasteiger partial charge in [-0.15, -0.1) is 0 Å². The summed E-state index contributed by atoms with van der Waals surface area (Å²) in [5.41, 5.74) is 9.18. The summed E-state index contributed by atoms with van der Waals surface area (Å²) >= 11 is 0. The van der Waals surface area contributed by atoms with Crippen LogP contribution in [0.5, 0.6) is 0 Å². The summed E-state index contributed by atoms with van der Waals surface area (Å²) in [6.07, 6.45) is -3.98. The Morgan fingerprint density at radius 2 is 1.68 bits per heavy atom. The maximum atomic E-state index is 9.67. The maximum Gasteiger partial charge on any atom is 0.110 e. The average molecular weight is 270 g/mol. The van der Waals surface area contributed by atoms with Gasteiger partial charge in [0.05, 0.1) is 24.1 Å². The molecular weight excluding hydrogens is 248 g/mol. The van der Waals surface area contributed by atoms with Crippen LogP contribution >= 0.6 is 0 Å². The van der Waals surface area contributed by atoms with E-state index in [1.807, 2.05) is 26.0 Å². The number of hydrogen-bond donors (Lipinski definition) is 6. The number of rotatable bonds is 6. The Labute approximate surface area is 112 Å². The molecule has 0 saturated heterocycles. The first-order chi connectivity index (χ1) is 8.86. The van der Waals surface area contributed by atoms with E-state index < -0.39 is 24.9 Å². The summed E-state index contributed by atoms with van der Waals surface area (Å²) in [6.45, 7) is 3.31. The lowest BCUT2D eigenvalue weighted by molar-refractivity contribution is -0.0715. The summed E-state index contributed by atoms with van der Waals surface area (Å²) in [6, 6.07) is 3.68. The van der Waals surface area contributed by atoms with Crippen molar-refractivity contribution in [2.24, 2.45) is 0 Å². The van der Waals surface area contributed by atoms with Gasteiger partial charge in [0.2, 0.25) is 0 Å². The molecule has 7 N–H and O–H groups in total. The first-order valence-electron chi connectivity index (χ1n) is 6.12. The first kappa shape index (κ1) is 15.7. The van der Waals surface area contributed by atoms with E-state index in [-0.39, 0.29) is 6.54 Å². The van der Waals surface area contributed by atoms with E-state index in [0.29, 0.717) is 11.4 Å². The zero-order valence-electron chi connectivity index (χ0n) is 11.2. The molecule has 0 saturated carbocycles. The highest BCUT2D eigenvalue weighted by Crippen LogP contribution is 2.23. The van der Waals surface area contributed by atoms with E-state index in [2.05, 4.69) is 5.32 Å². The molecule has 0 amide bonds. The van der Waals surface area contributed by atoms with E-state index in [1.165, 1.54) is 0 Å². The molecule has 6 nitrogen and oxygen atoms in total. The van der Waals surface area contributed by atoms with E-state index in [1.54, 1.807) is 0 Å². The minimum absolute atomic E-state index is 0.0188. The summed E-state index contributed by atoms with van der Waals surface area (Å²) in [4.78, 5) is 0. The van der Waals surface area contributed by atoms with Crippen molar-refractivity contribution in [3.63, 3.8) is 0 Å². The van der Waals surface area contributed by atoms with Gasteiger partial charge in [-0.05, 0) is 37.1 Å². The predicted molar refractivity (Wildman–Crippen MR) is 73.9 cm³/mol. The normalized spacial score (nSPS) is 15.9. The summed E-state index contributed by atoms with van der Waals surface area (Å²) in [7, 11) is 0. The minimum atomic E-state index is -1.41. The highest BCUT2D eigenvalue weighted by molar-refractivity contribution is 5.68. The number of hydrogen-bond acceptors (Lipinski definition) is 6. The van der Waals surface area contributed by atoms with Crippen LogP contribution in [0.4, 0.5) is 11.4 Å². The third kappa shape index (κ3) is 4.07. The molecule has 0 aliphatic rings. The molecule has 6 heteroatoms. The summed E-state index contributed by atoms with van der Waals surface area (Å²) in [5.74, 6) is 0. The van der Waals surface area contributed by atoms with E-state index >= 15 is 0 Å². The van der Waals surface area contributed by atoms with Crippen LogP contribution in [0.2, 0.25) is 0 Å². The van der Waals surface area contributed by atoms with Gasteiger partial charge < -0.3 is 31.5 Å². The number of aliphatic hydroxyl groups excluding tert-OH is 4. The zero-order chi connectivity index (χ0) is 14.6. The van der Waals surface area contributed by atoms with Gasteiger partial charge in [-0.1, -0.05) is 0 Å². The number of nitrogens with two attached hydrogens (primary N) is 1. The fourth-order valence-electron chi connectivity index (χ4n) is 1.69. The highest BCUT2D eigenvalue weighted by Gasteiger charge is 2.23. The molecule has 108 valence electrons. The average Bonchev–Trinajstić information content (AvgIpc) is 2.39. The molecule has 0 fully saturated rings. The van der Waals surface area contributed by atoms with Crippen molar-refractivity contribution in [1.29, 1.82) is 0 Å². The fraction of sp³-hybridized carbons (Fsp3) is 0.538. The molecular formula is C13H22N2O4. The molecule has 1 aromatic rings. The van der Waals surface area contributed by atoms with Crippen molar-refractivity contribution >= 4 is 11.4 Å². The largest absolute Gasteiger partial charge is 0.397 e. The monoisotopic (exact) mass is 270 g/mol. The van der Waals surface area contributed by atoms with Crippen LogP contribution in [0.1, 0.15) is 11.1 Å². The molecule has 0 bridgehead atoms. The van der Waals surface area contributed by atoms with E-state index in [0.717, 1.165) is 11.1 Å². The van der Waals surface area contributed by atoms with Gasteiger partial charge >= 0.3 is 0 Å². The number of nitrogens with one attached hydrogen (secondary N) is 1. The van der Waals surface area contributed by atoms with Crippen LogP contribution in [0.3, 0.4) is 0 Å². The summed E-state index contributed by atoms with van der Waals surface area (Å²) < 4.78 is 0. The third-order valence-electron chi connectivity index (χ3n) is 3.14. The topological polar surface area (TPSA) is 119 Å². The van der Waals surface area contributed by atoms with Gasteiger partial charge in [0.1, 0.15) is 12.2 Å². The standard InChI is InChI=1S/C13H22N2O4/c1-7-3-9(14)10(4-8(7)2)15-5-11(17)13(19)12(18)6-16/h3-4,11-13,15-19H,5-6,14H2,1-2H3/t11-,12+,13+/m0/s1. The van der Waals surface area contributed by atoms with Crippen molar-refractivity contribution < 1.29 is 20.4 Å².